The van der Waals surface area contributed by atoms with Crippen LogP contribution in [0.4, 0.5) is 5.95 Å². The molecular formula is C11H21N3O. The van der Waals surface area contributed by atoms with E-state index in [4.69, 9.17) is 4.74 Å². The van der Waals surface area contributed by atoms with E-state index in [2.05, 4.69) is 35.6 Å². The van der Waals surface area contributed by atoms with E-state index in [0.29, 0.717) is 5.92 Å². The van der Waals surface area contributed by atoms with Gasteiger partial charge in [-0.2, -0.15) is 0 Å². The van der Waals surface area contributed by atoms with Crippen molar-refractivity contribution in [1.29, 1.82) is 0 Å². The van der Waals surface area contributed by atoms with E-state index >= 15 is 0 Å². The summed E-state index contributed by atoms with van der Waals surface area (Å²) in [6, 6.07) is 0. The standard InChI is InChI=1S/C11H21N3O/c1-4-12-11-13-5-6-14(11)7-8-15-9-10(2)3/h5-6,10H,4,7-9H2,1-3H3,(H,12,13). The van der Waals surface area contributed by atoms with Gasteiger partial charge < -0.3 is 14.6 Å². The van der Waals surface area contributed by atoms with Crippen LogP contribution in [0, 0.1) is 5.92 Å². The molecule has 15 heavy (non-hydrogen) atoms. The first-order valence-electron chi connectivity index (χ1n) is 5.56. The normalized spacial score (nSPS) is 10.9. The lowest BCUT2D eigenvalue weighted by Gasteiger charge is -2.10. The predicted octanol–water partition coefficient (Wildman–Crippen LogP) is 1.99. The highest BCUT2D eigenvalue weighted by Gasteiger charge is 2.00. The summed E-state index contributed by atoms with van der Waals surface area (Å²) in [5.74, 6) is 1.52. The van der Waals surface area contributed by atoms with Crippen molar-refractivity contribution < 1.29 is 4.74 Å². The largest absolute Gasteiger partial charge is 0.379 e. The topological polar surface area (TPSA) is 39.1 Å². The van der Waals surface area contributed by atoms with Crippen molar-refractivity contribution in [3.63, 3.8) is 0 Å². The average molecular weight is 211 g/mol. The van der Waals surface area contributed by atoms with Crippen molar-refractivity contribution in [2.24, 2.45) is 5.92 Å². The van der Waals surface area contributed by atoms with Gasteiger partial charge in [-0.25, -0.2) is 4.98 Å². The van der Waals surface area contributed by atoms with E-state index in [1.165, 1.54) is 0 Å². The molecule has 4 nitrogen and oxygen atoms in total. The van der Waals surface area contributed by atoms with Gasteiger partial charge in [0.25, 0.3) is 0 Å². The number of imidazole rings is 1. The number of aromatic nitrogens is 2. The fourth-order valence-corrected chi connectivity index (χ4v) is 1.30. The number of hydrogen-bond donors (Lipinski definition) is 1. The smallest absolute Gasteiger partial charge is 0.202 e. The molecule has 0 aliphatic rings. The van der Waals surface area contributed by atoms with Crippen molar-refractivity contribution in [2.75, 3.05) is 25.1 Å². The Morgan fingerprint density at radius 3 is 3.00 bits per heavy atom. The molecule has 4 heteroatoms. The Bertz CT molecular complexity index is 271. The molecule has 1 aromatic rings. The summed E-state index contributed by atoms with van der Waals surface area (Å²) < 4.78 is 7.60. The van der Waals surface area contributed by atoms with E-state index in [1.807, 2.05) is 6.20 Å². The van der Waals surface area contributed by atoms with Gasteiger partial charge in [0.05, 0.1) is 6.61 Å². The Labute approximate surface area is 91.7 Å². The molecule has 0 aromatic carbocycles. The van der Waals surface area contributed by atoms with E-state index in [0.717, 1.165) is 32.3 Å². The second kappa shape index (κ2) is 6.45. The summed E-state index contributed by atoms with van der Waals surface area (Å²) in [5.41, 5.74) is 0. The molecule has 0 amide bonds. The van der Waals surface area contributed by atoms with Crippen LogP contribution in [0.5, 0.6) is 0 Å². The van der Waals surface area contributed by atoms with Gasteiger partial charge in [0.15, 0.2) is 0 Å². The summed E-state index contributed by atoms with van der Waals surface area (Å²) in [7, 11) is 0. The molecule has 0 unspecified atom stereocenters. The lowest BCUT2D eigenvalue weighted by Crippen LogP contribution is -2.12. The van der Waals surface area contributed by atoms with Crippen LogP contribution >= 0.6 is 0 Å². The van der Waals surface area contributed by atoms with E-state index < -0.39 is 0 Å². The zero-order chi connectivity index (χ0) is 11.1. The molecule has 1 aromatic heterocycles. The fraction of sp³-hybridized carbons (Fsp3) is 0.727. The first-order chi connectivity index (χ1) is 7.24. The number of hydrogen-bond acceptors (Lipinski definition) is 3. The predicted molar refractivity (Wildman–Crippen MR) is 62.0 cm³/mol. The first kappa shape index (κ1) is 12.0. The second-order valence-electron chi connectivity index (χ2n) is 3.94. The molecule has 0 radical (unpaired) electrons. The van der Waals surface area contributed by atoms with Crippen LogP contribution < -0.4 is 5.32 Å². The number of ether oxygens (including phenoxy) is 1. The zero-order valence-electron chi connectivity index (χ0n) is 9.86. The zero-order valence-corrected chi connectivity index (χ0v) is 9.86. The molecule has 86 valence electrons. The maximum atomic E-state index is 5.53. The minimum atomic E-state index is 0.598. The summed E-state index contributed by atoms with van der Waals surface area (Å²) >= 11 is 0. The summed E-state index contributed by atoms with van der Waals surface area (Å²) in [4.78, 5) is 4.22. The molecule has 0 bridgehead atoms. The molecule has 1 heterocycles. The van der Waals surface area contributed by atoms with E-state index in [9.17, 15) is 0 Å². The van der Waals surface area contributed by atoms with Crippen LogP contribution in [0.1, 0.15) is 20.8 Å². The Morgan fingerprint density at radius 1 is 1.53 bits per heavy atom. The molecule has 1 rings (SSSR count). The van der Waals surface area contributed by atoms with Crippen LogP contribution in [0.15, 0.2) is 12.4 Å². The van der Waals surface area contributed by atoms with Gasteiger partial charge in [-0.3, -0.25) is 0 Å². The Hall–Kier alpha value is -1.03. The molecule has 0 aliphatic heterocycles. The average Bonchev–Trinajstić information content (AvgIpc) is 2.61. The molecule has 0 saturated carbocycles. The highest BCUT2D eigenvalue weighted by Crippen LogP contribution is 2.03. The summed E-state index contributed by atoms with van der Waals surface area (Å²) in [5, 5.41) is 3.20. The lowest BCUT2D eigenvalue weighted by molar-refractivity contribution is 0.103. The molecular weight excluding hydrogens is 190 g/mol. The van der Waals surface area contributed by atoms with Crippen LogP contribution in [0.25, 0.3) is 0 Å². The van der Waals surface area contributed by atoms with Gasteiger partial charge in [0.2, 0.25) is 5.95 Å². The maximum Gasteiger partial charge on any atom is 0.202 e. The molecule has 0 fully saturated rings. The van der Waals surface area contributed by atoms with Gasteiger partial charge in [-0.15, -0.1) is 0 Å². The van der Waals surface area contributed by atoms with Crippen molar-refractivity contribution >= 4 is 5.95 Å². The van der Waals surface area contributed by atoms with Gasteiger partial charge in [-0.1, -0.05) is 13.8 Å². The summed E-state index contributed by atoms with van der Waals surface area (Å²) in [6.07, 6.45) is 3.77. The highest BCUT2D eigenvalue weighted by atomic mass is 16.5. The second-order valence-corrected chi connectivity index (χ2v) is 3.94. The summed E-state index contributed by atoms with van der Waals surface area (Å²) in [6.45, 7) is 9.69. The maximum absolute atomic E-state index is 5.53. The van der Waals surface area contributed by atoms with Gasteiger partial charge in [0.1, 0.15) is 0 Å². The van der Waals surface area contributed by atoms with E-state index in [1.54, 1.807) is 6.20 Å². The van der Waals surface area contributed by atoms with Crippen LogP contribution in [0.2, 0.25) is 0 Å². The van der Waals surface area contributed by atoms with Crippen LogP contribution in [0.3, 0.4) is 0 Å². The third-order valence-electron chi connectivity index (χ3n) is 1.98. The van der Waals surface area contributed by atoms with E-state index in [-0.39, 0.29) is 0 Å². The minimum Gasteiger partial charge on any atom is -0.379 e. The Morgan fingerprint density at radius 2 is 2.33 bits per heavy atom. The van der Waals surface area contributed by atoms with Gasteiger partial charge in [0, 0.05) is 32.1 Å². The van der Waals surface area contributed by atoms with Crippen molar-refractivity contribution in [2.45, 2.75) is 27.3 Å². The third kappa shape index (κ3) is 4.34. The number of nitrogens with one attached hydrogen (secondary N) is 1. The third-order valence-corrected chi connectivity index (χ3v) is 1.98. The Balaban J connectivity index is 2.27. The molecule has 0 atom stereocenters. The molecule has 1 N–H and O–H groups in total. The SMILES string of the molecule is CCNc1nccn1CCOCC(C)C. The van der Waals surface area contributed by atoms with Gasteiger partial charge in [-0.05, 0) is 12.8 Å². The van der Waals surface area contributed by atoms with Crippen molar-refractivity contribution in [3.05, 3.63) is 12.4 Å². The molecule has 0 spiro atoms. The first-order valence-corrected chi connectivity index (χ1v) is 5.56. The number of anilines is 1. The minimum absolute atomic E-state index is 0.598. The number of rotatable bonds is 7. The number of nitrogens with zero attached hydrogens (tertiary/aromatic N) is 2. The quantitative estimate of drug-likeness (QED) is 0.701. The van der Waals surface area contributed by atoms with Crippen LogP contribution in [-0.2, 0) is 11.3 Å². The highest BCUT2D eigenvalue weighted by molar-refractivity contribution is 5.25. The Kier molecular flexibility index (Phi) is 5.18. The monoisotopic (exact) mass is 211 g/mol. The lowest BCUT2D eigenvalue weighted by atomic mass is 10.2. The van der Waals surface area contributed by atoms with Crippen LogP contribution in [-0.4, -0.2) is 29.3 Å². The fourth-order valence-electron chi connectivity index (χ4n) is 1.30. The molecule has 0 aliphatic carbocycles. The van der Waals surface area contributed by atoms with Crippen molar-refractivity contribution in [1.82, 2.24) is 9.55 Å². The molecule has 0 saturated heterocycles. The van der Waals surface area contributed by atoms with Crippen molar-refractivity contribution in [3.8, 4) is 0 Å². The van der Waals surface area contributed by atoms with Gasteiger partial charge >= 0.3 is 0 Å².